The van der Waals surface area contributed by atoms with E-state index in [1.165, 1.54) is 4.90 Å². The number of rotatable bonds is 6. The third-order valence-electron chi connectivity index (χ3n) is 4.96. The van der Waals surface area contributed by atoms with E-state index in [4.69, 9.17) is 9.47 Å². The molecule has 1 aliphatic heterocycles. The maximum Gasteiger partial charge on any atom is 0.311 e. The first-order valence-corrected chi connectivity index (χ1v) is 9.35. The first kappa shape index (κ1) is 20.4. The highest BCUT2D eigenvalue weighted by Crippen LogP contribution is 2.28. The van der Waals surface area contributed by atoms with Crippen LogP contribution in [-0.2, 0) is 19.1 Å². The summed E-state index contributed by atoms with van der Waals surface area (Å²) in [5.74, 6) is -1.12. The number of benzene rings is 2. The summed E-state index contributed by atoms with van der Waals surface area (Å²) >= 11 is 0. The molecule has 7 heteroatoms. The van der Waals surface area contributed by atoms with Gasteiger partial charge in [-0.25, -0.2) is 0 Å². The van der Waals surface area contributed by atoms with E-state index in [-0.39, 0.29) is 18.9 Å². The fourth-order valence-corrected chi connectivity index (χ4v) is 3.16. The van der Waals surface area contributed by atoms with Crippen LogP contribution < -0.4 is 15.0 Å². The summed E-state index contributed by atoms with van der Waals surface area (Å²) in [6.07, 6.45) is 0.0504. The van der Waals surface area contributed by atoms with Crippen molar-refractivity contribution in [1.82, 2.24) is 0 Å². The fourth-order valence-electron chi connectivity index (χ4n) is 3.16. The Bertz CT molecular complexity index is 941. The number of aryl methyl sites for hydroxylation is 2. The molecule has 2 amide bonds. The number of nitrogens with one attached hydrogen (secondary N) is 1. The van der Waals surface area contributed by atoms with Gasteiger partial charge in [0.15, 0.2) is 6.61 Å². The van der Waals surface area contributed by atoms with E-state index in [0.29, 0.717) is 17.1 Å². The standard InChI is InChI=1S/C22H24N2O5/c1-14-7-8-17(9-15(14)2)23-20(25)13-29-22(27)16-10-21(26)24(12-16)18-5-4-6-19(11-18)28-3/h4-9,11,16H,10,12-13H2,1-3H3,(H,23,25)/t16-/m0/s1. The molecule has 1 saturated heterocycles. The topological polar surface area (TPSA) is 84.9 Å². The number of hydrogen-bond acceptors (Lipinski definition) is 5. The number of carbonyl (C=O) groups is 3. The molecule has 2 aromatic carbocycles. The first-order valence-electron chi connectivity index (χ1n) is 9.35. The van der Waals surface area contributed by atoms with Gasteiger partial charge in [0.25, 0.3) is 5.91 Å². The Hall–Kier alpha value is -3.35. The smallest absolute Gasteiger partial charge is 0.311 e. The van der Waals surface area contributed by atoms with Gasteiger partial charge in [-0.05, 0) is 49.2 Å². The Kier molecular flexibility index (Phi) is 6.16. The lowest BCUT2D eigenvalue weighted by molar-refractivity contribution is -0.151. The highest BCUT2D eigenvalue weighted by atomic mass is 16.5. The molecule has 3 rings (SSSR count). The summed E-state index contributed by atoms with van der Waals surface area (Å²) < 4.78 is 10.3. The number of hydrogen-bond donors (Lipinski definition) is 1. The molecule has 1 fully saturated rings. The highest BCUT2D eigenvalue weighted by Gasteiger charge is 2.36. The maximum absolute atomic E-state index is 12.3. The van der Waals surface area contributed by atoms with E-state index in [9.17, 15) is 14.4 Å². The van der Waals surface area contributed by atoms with Gasteiger partial charge >= 0.3 is 5.97 Å². The minimum atomic E-state index is -0.608. The monoisotopic (exact) mass is 396 g/mol. The maximum atomic E-state index is 12.3. The summed E-state index contributed by atoms with van der Waals surface area (Å²) in [4.78, 5) is 38.3. The van der Waals surface area contributed by atoms with E-state index in [0.717, 1.165) is 11.1 Å². The second-order valence-electron chi connectivity index (χ2n) is 7.06. The van der Waals surface area contributed by atoms with Crippen LogP contribution in [0.4, 0.5) is 11.4 Å². The van der Waals surface area contributed by atoms with Gasteiger partial charge in [-0.15, -0.1) is 0 Å². The Balaban J connectivity index is 1.53. The second kappa shape index (κ2) is 8.77. The number of carbonyl (C=O) groups excluding carboxylic acids is 3. The van der Waals surface area contributed by atoms with Gasteiger partial charge in [0.05, 0.1) is 13.0 Å². The van der Waals surface area contributed by atoms with E-state index in [2.05, 4.69) is 5.32 Å². The zero-order chi connectivity index (χ0) is 21.0. The van der Waals surface area contributed by atoms with Crippen molar-refractivity contribution < 1.29 is 23.9 Å². The lowest BCUT2D eigenvalue weighted by Gasteiger charge is -2.17. The number of anilines is 2. The Morgan fingerprint density at radius 1 is 1.14 bits per heavy atom. The predicted molar refractivity (Wildman–Crippen MR) is 109 cm³/mol. The number of esters is 1. The molecule has 0 saturated carbocycles. The normalized spacial score (nSPS) is 15.9. The fraction of sp³-hybridized carbons (Fsp3) is 0.318. The van der Waals surface area contributed by atoms with Crippen LogP contribution in [0.1, 0.15) is 17.5 Å². The molecule has 0 aromatic heterocycles. The van der Waals surface area contributed by atoms with Crippen LogP contribution in [0.3, 0.4) is 0 Å². The highest BCUT2D eigenvalue weighted by molar-refractivity contribution is 6.00. The van der Waals surface area contributed by atoms with Gasteiger partial charge in [-0.1, -0.05) is 12.1 Å². The van der Waals surface area contributed by atoms with Gasteiger partial charge in [-0.3, -0.25) is 14.4 Å². The third-order valence-corrected chi connectivity index (χ3v) is 4.96. The van der Waals surface area contributed by atoms with Crippen LogP contribution in [0.2, 0.25) is 0 Å². The number of amides is 2. The molecular formula is C22H24N2O5. The minimum absolute atomic E-state index is 0.0504. The van der Waals surface area contributed by atoms with Crippen molar-refractivity contribution in [3.63, 3.8) is 0 Å². The van der Waals surface area contributed by atoms with Crippen LogP contribution in [0, 0.1) is 19.8 Å². The molecule has 0 spiro atoms. The molecule has 1 aliphatic rings. The summed E-state index contributed by atoms with van der Waals surface area (Å²) in [6.45, 7) is 3.76. The zero-order valence-corrected chi connectivity index (χ0v) is 16.7. The largest absolute Gasteiger partial charge is 0.497 e. The number of nitrogens with zero attached hydrogens (tertiary/aromatic N) is 1. The molecule has 7 nitrogen and oxygen atoms in total. The van der Waals surface area contributed by atoms with Crippen molar-refractivity contribution in [2.45, 2.75) is 20.3 Å². The zero-order valence-electron chi connectivity index (χ0n) is 16.7. The van der Waals surface area contributed by atoms with Crippen LogP contribution >= 0.6 is 0 Å². The summed E-state index contributed by atoms with van der Waals surface area (Å²) in [5, 5.41) is 2.70. The molecule has 152 valence electrons. The molecule has 0 radical (unpaired) electrons. The molecule has 1 N–H and O–H groups in total. The number of ether oxygens (including phenoxy) is 2. The van der Waals surface area contributed by atoms with Crippen molar-refractivity contribution in [3.05, 3.63) is 53.6 Å². The predicted octanol–water partition coefficient (Wildman–Crippen LogP) is 2.85. The molecule has 1 heterocycles. The van der Waals surface area contributed by atoms with Crippen molar-refractivity contribution >= 4 is 29.2 Å². The molecule has 2 aromatic rings. The van der Waals surface area contributed by atoms with Gasteiger partial charge in [0.1, 0.15) is 5.75 Å². The van der Waals surface area contributed by atoms with Crippen molar-refractivity contribution in [2.24, 2.45) is 5.92 Å². The first-order chi connectivity index (χ1) is 13.9. The van der Waals surface area contributed by atoms with Crippen molar-refractivity contribution in [3.8, 4) is 5.75 Å². The van der Waals surface area contributed by atoms with Gasteiger partial charge in [-0.2, -0.15) is 0 Å². The third kappa shape index (κ3) is 4.93. The molecule has 0 unspecified atom stereocenters. The summed E-state index contributed by atoms with van der Waals surface area (Å²) in [7, 11) is 1.55. The van der Waals surface area contributed by atoms with Gasteiger partial charge in [0, 0.05) is 30.4 Å². The lowest BCUT2D eigenvalue weighted by atomic mass is 10.1. The molecule has 0 aliphatic carbocycles. The number of methoxy groups -OCH3 is 1. The Morgan fingerprint density at radius 2 is 1.93 bits per heavy atom. The van der Waals surface area contributed by atoms with E-state index < -0.39 is 24.4 Å². The Morgan fingerprint density at radius 3 is 2.66 bits per heavy atom. The second-order valence-corrected chi connectivity index (χ2v) is 7.06. The molecule has 1 atom stereocenters. The van der Waals surface area contributed by atoms with Crippen LogP contribution in [0.15, 0.2) is 42.5 Å². The van der Waals surface area contributed by atoms with Gasteiger partial charge < -0.3 is 19.7 Å². The van der Waals surface area contributed by atoms with Gasteiger partial charge in [0.2, 0.25) is 5.91 Å². The minimum Gasteiger partial charge on any atom is -0.497 e. The summed E-state index contributed by atoms with van der Waals surface area (Å²) in [5.41, 5.74) is 3.49. The molecular weight excluding hydrogens is 372 g/mol. The SMILES string of the molecule is COc1cccc(N2C[C@@H](C(=O)OCC(=O)Nc3ccc(C)c(C)c3)CC2=O)c1. The lowest BCUT2D eigenvalue weighted by Crippen LogP contribution is -2.28. The quantitative estimate of drug-likeness (QED) is 0.759. The average molecular weight is 396 g/mol. The van der Waals surface area contributed by atoms with Crippen LogP contribution in [-0.4, -0.2) is 38.0 Å². The van der Waals surface area contributed by atoms with Crippen molar-refractivity contribution in [2.75, 3.05) is 30.5 Å². The van der Waals surface area contributed by atoms with E-state index in [1.807, 2.05) is 26.0 Å². The molecule has 0 bridgehead atoms. The van der Waals surface area contributed by atoms with Crippen LogP contribution in [0.25, 0.3) is 0 Å². The average Bonchev–Trinajstić information content (AvgIpc) is 3.11. The van der Waals surface area contributed by atoms with Crippen molar-refractivity contribution in [1.29, 1.82) is 0 Å². The summed E-state index contributed by atoms with van der Waals surface area (Å²) in [6, 6.07) is 12.6. The Labute approximate surface area is 169 Å². The van der Waals surface area contributed by atoms with E-state index >= 15 is 0 Å². The molecule has 29 heavy (non-hydrogen) atoms. The van der Waals surface area contributed by atoms with E-state index in [1.54, 1.807) is 37.4 Å². The van der Waals surface area contributed by atoms with Crippen LogP contribution in [0.5, 0.6) is 5.75 Å².